The molecule has 0 aliphatic heterocycles. The third-order valence-electron chi connectivity index (χ3n) is 4.95. The number of rotatable bonds is 11. The summed E-state index contributed by atoms with van der Waals surface area (Å²) in [5.41, 5.74) is 2.55. The summed E-state index contributed by atoms with van der Waals surface area (Å²) in [6, 6.07) is 28.3. The molecule has 0 atom stereocenters. The summed E-state index contributed by atoms with van der Waals surface area (Å²) in [6.07, 6.45) is 2.61. The van der Waals surface area contributed by atoms with E-state index in [1.807, 2.05) is 60.7 Å². The van der Waals surface area contributed by atoms with Crippen LogP contribution in [0.2, 0.25) is 0 Å². The van der Waals surface area contributed by atoms with Gasteiger partial charge in [0.1, 0.15) is 11.3 Å². The number of hydrogen-bond donors (Lipinski definition) is 2. The highest BCUT2D eigenvalue weighted by Gasteiger charge is 2.18. The average molecular weight is 454 g/mol. The molecule has 34 heavy (non-hydrogen) atoms. The Labute approximate surface area is 199 Å². The van der Waals surface area contributed by atoms with Crippen LogP contribution in [0, 0.1) is 11.3 Å². The molecule has 0 saturated heterocycles. The van der Waals surface area contributed by atoms with Crippen LogP contribution in [0.3, 0.4) is 0 Å². The lowest BCUT2D eigenvalue weighted by Gasteiger charge is -2.11. The molecule has 0 heterocycles. The zero-order valence-corrected chi connectivity index (χ0v) is 18.9. The van der Waals surface area contributed by atoms with Crippen LogP contribution in [0.25, 0.3) is 6.08 Å². The second-order valence-corrected chi connectivity index (χ2v) is 7.58. The first-order chi connectivity index (χ1) is 16.7. The molecular weight excluding hydrogens is 426 g/mol. The molecule has 0 bridgehead atoms. The van der Waals surface area contributed by atoms with Crippen molar-refractivity contribution in [3.05, 3.63) is 107 Å². The molecule has 3 rings (SSSR count). The first kappa shape index (κ1) is 24.3. The van der Waals surface area contributed by atoms with Gasteiger partial charge in [0.2, 0.25) is 0 Å². The minimum atomic E-state index is -0.463. The van der Waals surface area contributed by atoms with Gasteiger partial charge in [0.25, 0.3) is 11.8 Å². The van der Waals surface area contributed by atoms with Gasteiger partial charge in [0, 0.05) is 19.5 Å². The Morgan fingerprint density at radius 3 is 1.97 bits per heavy atom. The Kier molecular flexibility index (Phi) is 9.45. The van der Waals surface area contributed by atoms with Crippen LogP contribution >= 0.6 is 0 Å². The number of nitriles is 1. The fourth-order valence-corrected chi connectivity index (χ4v) is 3.18. The molecule has 0 unspecified atom stereocenters. The van der Waals surface area contributed by atoms with E-state index in [9.17, 15) is 9.59 Å². The molecule has 0 aromatic heterocycles. The van der Waals surface area contributed by atoms with Gasteiger partial charge in [-0.05, 0) is 41.3 Å². The van der Waals surface area contributed by atoms with Gasteiger partial charge in [0.05, 0.1) is 12.7 Å². The fraction of sp³-hybridized carbons (Fsp3) is 0.179. The highest BCUT2D eigenvalue weighted by Crippen LogP contribution is 2.17. The van der Waals surface area contributed by atoms with Gasteiger partial charge in [-0.25, -0.2) is 0 Å². The molecule has 0 radical (unpaired) electrons. The standard InChI is InChI=1S/C28H27N3O3/c29-16-7-8-17-34-25-15-9-14-24(18-25)19-26(27(32)30-20-22-10-3-1-4-11-22)28(33)31-21-23-12-5-2-6-13-23/h1-6,9-15,18-19H,7-8,17,20-21H2,(H,30,32)(H,31,33). The van der Waals surface area contributed by atoms with Crippen LogP contribution in [-0.4, -0.2) is 18.4 Å². The Morgan fingerprint density at radius 2 is 1.41 bits per heavy atom. The minimum Gasteiger partial charge on any atom is -0.494 e. The highest BCUT2D eigenvalue weighted by atomic mass is 16.5. The third-order valence-corrected chi connectivity index (χ3v) is 4.95. The van der Waals surface area contributed by atoms with Crippen molar-refractivity contribution < 1.29 is 14.3 Å². The summed E-state index contributed by atoms with van der Waals surface area (Å²) in [5, 5.41) is 14.3. The zero-order chi connectivity index (χ0) is 24.0. The summed E-state index contributed by atoms with van der Waals surface area (Å²) in [4.78, 5) is 26.0. The topological polar surface area (TPSA) is 91.2 Å². The van der Waals surface area contributed by atoms with E-state index in [1.54, 1.807) is 30.3 Å². The van der Waals surface area contributed by atoms with Gasteiger partial charge in [-0.15, -0.1) is 0 Å². The first-order valence-corrected chi connectivity index (χ1v) is 11.1. The quantitative estimate of drug-likeness (QED) is 0.195. The van der Waals surface area contributed by atoms with Crippen molar-refractivity contribution in [3.63, 3.8) is 0 Å². The molecule has 3 aromatic carbocycles. The second kappa shape index (κ2) is 13.2. The van der Waals surface area contributed by atoms with Gasteiger partial charge in [0.15, 0.2) is 0 Å². The first-order valence-electron chi connectivity index (χ1n) is 11.1. The van der Waals surface area contributed by atoms with Crippen molar-refractivity contribution in [2.45, 2.75) is 25.9 Å². The smallest absolute Gasteiger partial charge is 0.257 e. The van der Waals surface area contributed by atoms with Gasteiger partial charge >= 0.3 is 0 Å². The van der Waals surface area contributed by atoms with Crippen LogP contribution in [-0.2, 0) is 22.7 Å². The Balaban J connectivity index is 1.75. The van der Waals surface area contributed by atoms with Gasteiger partial charge in [-0.2, -0.15) is 5.26 Å². The summed E-state index contributed by atoms with van der Waals surface area (Å²) < 4.78 is 5.68. The van der Waals surface area contributed by atoms with Gasteiger partial charge < -0.3 is 15.4 Å². The number of carbonyl (C=O) groups excluding carboxylic acids is 2. The Hall–Kier alpha value is -4.37. The van der Waals surface area contributed by atoms with Crippen LogP contribution in [0.1, 0.15) is 29.5 Å². The minimum absolute atomic E-state index is 0.00786. The Morgan fingerprint density at radius 1 is 0.824 bits per heavy atom. The van der Waals surface area contributed by atoms with Gasteiger partial charge in [-0.1, -0.05) is 72.8 Å². The predicted molar refractivity (Wildman–Crippen MR) is 131 cm³/mol. The van der Waals surface area contributed by atoms with Crippen LogP contribution < -0.4 is 15.4 Å². The van der Waals surface area contributed by atoms with Crippen molar-refractivity contribution >= 4 is 17.9 Å². The van der Waals surface area contributed by atoms with E-state index in [4.69, 9.17) is 10.00 Å². The number of nitrogens with zero attached hydrogens (tertiary/aromatic N) is 1. The number of carbonyl (C=O) groups is 2. The second-order valence-electron chi connectivity index (χ2n) is 7.58. The van der Waals surface area contributed by atoms with Crippen molar-refractivity contribution in [3.8, 4) is 11.8 Å². The number of unbranched alkanes of at least 4 members (excludes halogenated alkanes) is 1. The predicted octanol–water partition coefficient (Wildman–Crippen LogP) is 4.39. The molecule has 6 nitrogen and oxygen atoms in total. The Bertz CT molecular complexity index is 1090. The molecule has 2 N–H and O–H groups in total. The summed E-state index contributed by atoms with van der Waals surface area (Å²) >= 11 is 0. The third kappa shape index (κ3) is 7.95. The van der Waals surface area contributed by atoms with E-state index < -0.39 is 11.8 Å². The SMILES string of the molecule is N#CCCCOc1cccc(C=C(C(=O)NCc2ccccc2)C(=O)NCc2ccccc2)c1. The normalized spacial score (nSPS) is 9.97. The van der Waals surface area contributed by atoms with E-state index in [2.05, 4.69) is 16.7 Å². The maximum atomic E-state index is 13.0. The molecule has 172 valence electrons. The van der Waals surface area contributed by atoms with Gasteiger partial charge in [-0.3, -0.25) is 9.59 Å². The summed E-state index contributed by atoms with van der Waals surface area (Å²) in [7, 11) is 0. The molecule has 6 heteroatoms. The number of benzene rings is 3. The van der Waals surface area contributed by atoms with Crippen LogP contribution in [0.5, 0.6) is 5.75 Å². The number of nitrogens with one attached hydrogen (secondary N) is 2. The van der Waals surface area contributed by atoms with Crippen molar-refractivity contribution in [1.29, 1.82) is 5.26 Å². The lowest BCUT2D eigenvalue weighted by molar-refractivity contribution is -0.123. The molecule has 2 amide bonds. The fourth-order valence-electron chi connectivity index (χ4n) is 3.18. The molecular formula is C28H27N3O3. The average Bonchev–Trinajstić information content (AvgIpc) is 2.88. The molecule has 0 fully saturated rings. The van der Waals surface area contributed by atoms with E-state index in [0.717, 1.165) is 11.1 Å². The lowest BCUT2D eigenvalue weighted by Crippen LogP contribution is -2.34. The number of amides is 2. The van der Waals surface area contributed by atoms with E-state index in [-0.39, 0.29) is 5.57 Å². The van der Waals surface area contributed by atoms with E-state index in [1.165, 1.54) is 0 Å². The maximum absolute atomic E-state index is 13.0. The maximum Gasteiger partial charge on any atom is 0.257 e. The molecule has 0 aliphatic rings. The number of ether oxygens (including phenoxy) is 1. The largest absolute Gasteiger partial charge is 0.494 e. The van der Waals surface area contributed by atoms with Crippen LogP contribution in [0.15, 0.2) is 90.5 Å². The summed E-state index contributed by atoms with van der Waals surface area (Å²) in [6.45, 7) is 1.04. The van der Waals surface area contributed by atoms with E-state index >= 15 is 0 Å². The highest BCUT2D eigenvalue weighted by molar-refractivity contribution is 6.21. The summed E-state index contributed by atoms with van der Waals surface area (Å²) in [5.74, 6) is -0.315. The lowest BCUT2D eigenvalue weighted by atomic mass is 10.1. The van der Waals surface area contributed by atoms with Crippen LogP contribution in [0.4, 0.5) is 0 Å². The van der Waals surface area contributed by atoms with Crippen molar-refractivity contribution in [2.24, 2.45) is 0 Å². The van der Waals surface area contributed by atoms with Crippen molar-refractivity contribution in [2.75, 3.05) is 6.61 Å². The van der Waals surface area contributed by atoms with Crippen molar-refractivity contribution in [1.82, 2.24) is 10.6 Å². The zero-order valence-electron chi connectivity index (χ0n) is 18.9. The molecule has 0 spiro atoms. The molecule has 3 aromatic rings. The van der Waals surface area contributed by atoms with E-state index in [0.29, 0.717) is 43.9 Å². The molecule has 0 aliphatic carbocycles. The monoisotopic (exact) mass is 453 g/mol. The number of hydrogen-bond acceptors (Lipinski definition) is 4. The molecule has 0 saturated carbocycles.